The second kappa shape index (κ2) is 11.7. The highest BCUT2D eigenvalue weighted by atomic mass is 16.2. The maximum absolute atomic E-state index is 13.3. The van der Waals surface area contributed by atoms with Crippen molar-refractivity contribution in [3.63, 3.8) is 0 Å². The van der Waals surface area contributed by atoms with Gasteiger partial charge in [-0.3, -0.25) is 14.4 Å². The van der Waals surface area contributed by atoms with E-state index in [4.69, 9.17) is 0 Å². The molecule has 6 nitrogen and oxygen atoms in total. The number of nitrogens with one attached hydrogen (secondary N) is 3. The van der Waals surface area contributed by atoms with Crippen molar-refractivity contribution in [2.45, 2.75) is 54.4 Å². The number of carbonyl (C=O) groups excluding carboxylic acids is 3. The van der Waals surface area contributed by atoms with E-state index in [1.165, 1.54) is 0 Å². The first kappa shape index (κ1) is 26.7. The smallest absolute Gasteiger partial charge is 0.228 e. The van der Waals surface area contributed by atoms with Gasteiger partial charge in [-0.25, -0.2) is 0 Å². The van der Waals surface area contributed by atoms with Crippen LogP contribution in [0.4, 0.5) is 17.1 Å². The second-order valence-electron chi connectivity index (χ2n) is 9.65. The summed E-state index contributed by atoms with van der Waals surface area (Å²) in [5.41, 5.74) is 8.13. The normalized spacial score (nSPS) is 10.8. The monoisotopic (exact) mass is 485 g/mol. The van der Waals surface area contributed by atoms with E-state index in [1.54, 1.807) is 0 Å². The van der Waals surface area contributed by atoms with Gasteiger partial charge in [-0.15, -0.1) is 0 Å². The maximum atomic E-state index is 13.3. The zero-order chi connectivity index (χ0) is 26.4. The number of aryl methyl sites for hydroxylation is 6. The van der Waals surface area contributed by atoms with Crippen LogP contribution in [0.5, 0.6) is 0 Å². The predicted molar refractivity (Wildman–Crippen MR) is 146 cm³/mol. The number of amides is 3. The number of hydrogen-bond acceptors (Lipinski definition) is 3. The summed E-state index contributed by atoms with van der Waals surface area (Å²) < 4.78 is 0. The standard InChI is InChI=1S/C30H35N3O3/c1-18-7-10-25(21(4)13-18)31-28(34)16-24(30(36)33-27-12-9-20(3)15-23(27)6)17-29(35)32-26-11-8-19(2)14-22(26)5/h7-15,24H,16-17H2,1-6H3,(H,31,34)(H,32,35)(H,33,36). The highest BCUT2D eigenvalue weighted by Crippen LogP contribution is 2.22. The Morgan fingerprint density at radius 1 is 0.556 bits per heavy atom. The van der Waals surface area contributed by atoms with Gasteiger partial charge >= 0.3 is 0 Å². The van der Waals surface area contributed by atoms with Crippen molar-refractivity contribution in [2.24, 2.45) is 5.92 Å². The molecule has 0 unspecified atom stereocenters. The SMILES string of the molecule is Cc1ccc(NC(=O)CC(CC(=O)Nc2ccc(C)cc2C)C(=O)Nc2ccc(C)cc2C)c(C)c1. The van der Waals surface area contributed by atoms with E-state index < -0.39 is 5.92 Å². The fourth-order valence-electron chi connectivity index (χ4n) is 4.20. The number of anilines is 3. The third kappa shape index (κ3) is 7.28. The Bertz CT molecular complexity index is 1230. The van der Waals surface area contributed by atoms with Gasteiger partial charge in [0.15, 0.2) is 0 Å². The molecule has 3 aromatic rings. The topological polar surface area (TPSA) is 87.3 Å². The second-order valence-corrected chi connectivity index (χ2v) is 9.65. The van der Waals surface area contributed by atoms with Gasteiger partial charge in [-0.1, -0.05) is 53.1 Å². The first-order valence-corrected chi connectivity index (χ1v) is 12.1. The number of benzene rings is 3. The molecule has 0 aliphatic heterocycles. The van der Waals surface area contributed by atoms with E-state index >= 15 is 0 Å². The molecule has 0 saturated heterocycles. The summed E-state index contributed by atoms with van der Waals surface area (Å²) in [5.74, 6) is -1.85. The van der Waals surface area contributed by atoms with Gasteiger partial charge in [-0.05, 0) is 76.4 Å². The molecule has 0 bridgehead atoms. The Morgan fingerprint density at radius 2 is 0.889 bits per heavy atom. The Labute approximate surface area is 213 Å². The van der Waals surface area contributed by atoms with Crippen molar-refractivity contribution in [1.82, 2.24) is 0 Å². The molecule has 3 aromatic carbocycles. The average Bonchev–Trinajstić information content (AvgIpc) is 2.79. The third-order valence-electron chi connectivity index (χ3n) is 6.19. The Balaban J connectivity index is 1.77. The summed E-state index contributed by atoms with van der Waals surface area (Å²) in [5, 5.41) is 8.70. The molecule has 0 aromatic heterocycles. The Morgan fingerprint density at radius 3 is 1.22 bits per heavy atom. The van der Waals surface area contributed by atoms with E-state index in [-0.39, 0.29) is 30.6 Å². The molecule has 0 heterocycles. The largest absolute Gasteiger partial charge is 0.326 e. The maximum Gasteiger partial charge on any atom is 0.228 e. The molecule has 0 radical (unpaired) electrons. The third-order valence-corrected chi connectivity index (χ3v) is 6.19. The van der Waals surface area contributed by atoms with E-state index in [0.717, 1.165) is 33.4 Å². The lowest BCUT2D eigenvalue weighted by Gasteiger charge is -2.19. The Kier molecular flexibility index (Phi) is 8.64. The van der Waals surface area contributed by atoms with Gasteiger partial charge in [0.2, 0.25) is 17.7 Å². The molecule has 0 aliphatic rings. The summed E-state index contributed by atoms with van der Waals surface area (Å²) in [6, 6.07) is 17.2. The molecule has 3 amide bonds. The minimum absolute atomic E-state index is 0.121. The molecule has 0 spiro atoms. The highest BCUT2D eigenvalue weighted by molar-refractivity contribution is 6.02. The number of hydrogen-bond donors (Lipinski definition) is 3. The van der Waals surface area contributed by atoms with Crippen LogP contribution >= 0.6 is 0 Å². The molecule has 3 N–H and O–H groups in total. The first-order valence-electron chi connectivity index (χ1n) is 12.1. The summed E-state index contributed by atoms with van der Waals surface area (Å²) in [4.78, 5) is 39.2. The minimum Gasteiger partial charge on any atom is -0.326 e. The van der Waals surface area contributed by atoms with Crippen LogP contribution in [0.2, 0.25) is 0 Å². The first-order chi connectivity index (χ1) is 17.0. The van der Waals surface area contributed by atoms with Gasteiger partial charge in [0, 0.05) is 29.9 Å². The summed E-state index contributed by atoms with van der Waals surface area (Å²) >= 11 is 0. The molecule has 6 heteroatoms. The molecule has 0 fully saturated rings. The highest BCUT2D eigenvalue weighted by Gasteiger charge is 2.26. The summed E-state index contributed by atoms with van der Waals surface area (Å²) in [6.45, 7) is 11.7. The van der Waals surface area contributed by atoms with Crippen LogP contribution in [-0.4, -0.2) is 17.7 Å². The van der Waals surface area contributed by atoms with Crippen molar-refractivity contribution < 1.29 is 14.4 Å². The van der Waals surface area contributed by atoms with Crippen LogP contribution in [0.1, 0.15) is 46.2 Å². The average molecular weight is 486 g/mol. The molecule has 0 aliphatic carbocycles. The van der Waals surface area contributed by atoms with E-state index in [1.807, 2.05) is 96.1 Å². The fourth-order valence-corrected chi connectivity index (χ4v) is 4.20. The van der Waals surface area contributed by atoms with Gasteiger partial charge in [0.1, 0.15) is 0 Å². The van der Waals surface area contributed by atoms with Crippen molar-refractivity contribution >= 4 is 34.8 Å². The lowest BCUT2D eigenvalue weighted by molar-refractivity contribution is -0.127. The molecule has 188 valence electrons. The predicted octanol–water partition coefficient (Wildman–Crippen LogP) is 6.15. The lowest BCUT2D eigenvalue weighted by Crippen LogP contribution is -2.31. The Hall–Kier alpha value is -3.93. The van der Waals surface area contributed by atoms with E-state index in [0.29, 0.717) is 17.1 Å². The number of carbonyl (C=O) groups is 3. The van der Waals surface area contributed by atoms with Crippen molar-refractivity contribution in [3.05, 3.63) is 88.0 Å². The molecular formula is C30H35N3O3. The van der Waals surface area contributed by atoms with Crippen LogP contribution < -0.4 is 16.0 Å². The van der Waals surface area contributed by atoms with Gasteiger partial charge in [-0.2, -0.15) is 0 Å². The van der Waals surface area contributed by atoms with Crippen LogP contribution in [0.15, 0.2) is 54.6 Å². The molecular weight excluding hydrogens is 450 g/mol. The van der Waals surface area contributed by atoms with E-state index in [2.05, 4.69) is 16.0 Å². The van der Waals surface area contributed by atoms with Crippen LogP contribution in [0.3, 0.4) is 0 Å². The summed E-state index contributed by atoms with van der Waals surface area (Å²) in [7, 11) is 0. The minimum atomic E-state index is -0.845. The van der Waals surface area contributed by atoms with Gasteiger partial charge in [0.25, 0.3) is 0 Å². The zero-order valence-electron chi connectivity index (χ0n) is 21.9. The lowest BCUT2D eigenvalue weighted by atomic mass is 9.98. The van der Waals surface area contributed by atoms with Crippen LogP contribution in [0, 0.1) is 47.5 Å². The van der Waals surface area contributed by atoms with Crippen LogP contribution in [0.25, 0.3) is 0 Å². The van der Waals surface area contributed by atoms with E-state index in [9.17, 15) is 14.4 Å². The molecule has 36 heavy (non-hydrogen) atoms. The molecule has 0 atom stereocenters. The fraction of sp³-hybridized carbons (Fsp3) is 0.300. The van der Waals surface area contributed by atoms with Crippen LogP contribution in [-0.2, 0) is 14.4 Å². The number of rotatable bonds is 8. The van der Waals surface area contributed by atoms with Gasteiger partial charge in [0.05, 0.1) is 5.92 Å². The molecule has 0 saturated carbocycles. The van der Waals surface area contributed by atoms with Crippen molar-refractivity contribution in [1.29, 1.82) is 0 Å². The van der Waals surface area contributed by atoms with Gasteiger partial charge < -0.3 is 16.0 Å². The van der Waals surface area contributed by atoms with Crippen molar-refractivity contribution in [3.8, 4) is 0 Å². The zero-order valence-corrected chi connectivity index (χ0v) is 21.9. The quantitative estimate of drug-likeness (QED) is 0.358. The molecule has 3 rings (SSSR count). The van der Waals surface area contributed by atoms with Crippen molar-refractivity contribution in [2.75, 3.05) is 16.0 Å². The summed E-state index contributed by atoms with van der Waals surface area (Å²) in [6.07, 6.45) is -0.241.